The number of carbonyl (C=O) groups is 1. The lowest BCUT2D eigenvalue weighted by atomic mass is 10.1. The van der Waals surface area contributed by atoms with Crippen LogP contribution in [-0.2, 0) is 4.79 Å². The Balaban J connectivity index is 3.17. The second-order valence-electron chi connectivity index (χ2n) is 2.60. The smallest absolute Gasteiger partial charge is 0.147 e. The molecule has 0 aromatic carbocycles. The van der Waals surface area contributed by atoms with Crippen molar-refractivity contribution in [3.8, 4) is 0 Å². The summed E-state index contributed by atoms with van der Waals surface area (Å²) < 4.78 is 0. The van der Waals surface area contributed by atoms with Crippen LogP contribution in [0.15, 0.2) is 0 Å². The Morgan fingerprint density at radius 2 is 2.11 bits per heavy atom. The average Bonchev–Trinajstić information content (AvgIpc) is 1.83. The van der Waals surface area contributed by atoms with Gasteiger partial charge in [-0.25, -0.2) is 0 Å². The van der Waals surface area contributed by atoms with Gasteiger partial charge in [0, 0.05) is 6.42 Å². The molecule has 2 heteroatoms. The normalized spacial score (nSPS) is 10.2. The molecule has 0 aliphatic carbocycles. The van der Waals surface area contributed by atoms with E-state index in [9.17, 15) is 4.79 Å². The van der Waals surface area contributed by atoms with Crippen molar-refractivity contribution in [3.05, 3.63) is 0 Å². The molecule has 0 radical (unpaired) electrons. The second-order valence-corrected chi connectivity index (χ2v) is 2.87. The van der Waals surface area contributed by atoms with E-state index < -0.39 is 0 Å². The second kappa shape index (κ2) is 4.80. The first-order valence-electron chi connectivity index (χ1n) is 3.24. The van der Waals surface area contributed by atoms with E-state index >= 15 is 0 Å². The summed E-state index contributed by atoms with van der Waals surface area (Å²) in [5.41, 5.74) is 0. The van der Waals surface area contributed by atoms with Crippen molar-refractivity contribution in [2.75, 3.05) is 5.88 Å². The molecule has 1 nitrogen and oxygen atoms in total. The molecule has 0 heterocycles. The summed E-state index contributed by atoms with van der Waals surface area (Å²) in [5.74, 6) is 0.940. The lowest BCUT2D eigenvalue weighted by molar-refractivity contribution is -0.116. The van der Waals surface area contributed by atoms with Crippen LogP contribution in [0.1, 0.15) is 26.7 Å². The summed E-state index contributed by atoms with van der Waals surface area (Å²) in [6, 6.07) is 0. The zero-order chi connectivity index (χ0) is 7.28. The standard InChI is InChI=1S/C7H13ClO/c1-6(2)3-4-7(9)5-8/h6H,3-5H2,1-2H3. The van der Waals surface area contributed by atoms with E-state index in [4.69, 9.17) is 11.6 Å². The zero-order valence-corrected chi connectivity index (χ0v) is 6.74. The highest BCUT2D eigenvalue weighted by molar-refractivity contribution is 6.27. The Morgan fingerprint density at radius 1 is 1.56 bits per heavy atom. The van der Waals surface area contributed by atoms with Gasteiger partial charge in [-0.3, -0.25) is 4.79 Å². The van der Waals surface area contributed by atoms with Crippen molar-refractivity contribution < 1.29 is 4.79 Å². The van der Waals surface area contributed by atoms with Gasteiger partial charge < -0.3 is 0 Å². The Hall–Kier alpha value is -0.0400. The predicted molar refractivity (Wildman–Crippen MR) is 39.8 cm³/mol. The van der Waals surface area contributed by atoms with Crippen LogP contribution in [-0.4, -0.2) is 11.7 Å². The molecule has 0 atom stereocenters. The van der Waals surface area contributed by atoms with E-state index in [1.54, 1.807) is 0 Å². The number of halogens is 1. The van der Waals surface area contributed by atoms with Gasteiger partial charge in [-0.2, -0.15) is 0 Å². The van der Waals surface area contributed by atoms with Crippen molar-refractivity contribution in [1.82, 2.24) is 0 Å². The van der Waals surface area contributed by atoms with E-state index in [0.29, 0.717) is 12.3 Å². The lowest BCUT2D eigenvalue weighted by Gasteiger charge is -1.99. The van der Waals surface area contributed by atoms with Crippen LogP contribution in [0.2, 0.25) is 0 Å². The molecule has 0 aromatic heterocycles. The molecule has 0 aliphatic heterocycles. The van der Waals surface area contributed by atoms with Gasteiger partial charge in [-0.05, 0) is 12.3 Å². The van der Waals surface area contributed by atoms with Crippen molar-refractivity contribution >= 4 is 17.4 Å². The molecule has 0 unspecified atom stereocenters. The highest BCUT2D eigenvalue weighted by Gasteiger charge is 2.00. The molecule has 0 spiro atoms. The molecule has 0 aromatic rings. The fourth-order valence-electron chi connectivity index (χ4n) is 0.516. The van der Waals surface area contributed by atoms with Gasteiger partial charge in [0.15, 0.2) is 0 Å². The van der Waals surface area contributed by atoms with Gasteiger partial charge >= 0.3 is 0 Å². The fraction of sp³-hybridized carbons (Fsp3) is 0.857. The largest absolute Gasteiger partial charge is 0.298 e. The number of hydrogen-bond acceptors (Lipinski definition) is 1. The molecular weight excluding hydrogens is 136 g/mol. The number of alkyl halides is 1. The van der Waals surface area contributed by atoms with Crippen LogP contribution in [0, 0.1) is 5.92 Å². The third-order valence-electron chi connectivity index (χ3n) is 1.15. The molecule has 0 bridgehead atoms. The summed E-state index contributed by atoms with van der Waals surface area (Å²) in [6.45, 7) is 4.20. The summed E-state index contributed by atoms with van der Waals surface area (Å²) in [4.78, 5) is 10.6. The summed E-state index contributed by atoms with van der Waals surface area (Å²) in [7, 11) is 0. The monoisotopic (exact) mass is 148 g/mol. The average molecular weight is 149 g/mol. The Labute approximate surface area is 61.4 Å². The van der Waals surface area contributed by atoms with Crippen molar-refractivity contribution in [2.45, 2.75) is 26.7 Å². The minimum absolute atomic E-state index is 0.158. The Kier molecular flexibility index (Phi) is 4.78. The molecule has 0 rings (SSSR count). The molecule has 0 N–H and O–H groups in total. The predicted octanol–water partition coefficient (Wildman–Crippen LogP) is 2.23. The topological polar surface area (TPSA) is 17.1 Å². The summed E-state index contributed by atoms with van der Waals surface area (Å²) in [5, 5.41) is 0. The highest BCUT2D eigenvalue weighted by atomic mass is 35.5. The fourth-order valence-corrected chi connectivity index (χ4v) is 0.650. The van der Waals surface area contributed by atoms with E-state index in [1.807, 2.05) is 0 Å². The van der Waals surface area contributed by atoms with E-state index in [2.05, 4.69) is 13.8 Å². The first-order chi connectivity index (χ1) is 4.16. The third-order valence-corrected chi connectivity index (χ3v) is 1.45. The summed E-state index contributed by atoms with van der Waals surface area (Å²) >= 11 is 5.29. The first-order valence-corrected chi connectivity index (χ1v) is 3.78. The highest BCUT2D eigenvalue weighted by Crippen LogP contribution is 2.03. The Bertz CT molecular complexity index is 88.9. The molecule has 0 aliphatic rings. The number of rotatable bonds is 4. The van der Waals surface area contributed by atoms with Gasteiger partial charge in [0.25, 0.3) is 0 Å². The molecule has 0 saturated heterocycles. The quantitative estimate of drug-likeness (QED) is 0.559. The first kappa shape index (κ1) is 8.96. The van der Waals surface area contributed by atoms with E-state index in [-0.39, 0.29) is 11.7 Å². The molecule has 0 amide bonds. The van der Waals surface area contributed by atoms with E-state index in [0.717, 1.165) is 6.42 Å². The number of Topliss-reactive ketones (excluding diaryl/α,β-unsaturated/α-hetero) is 1. The minimum atomic E-state index is 0.158. The van der Waals surface area contributed by atoms with Crippen LogP contribution in [0.5, 0.6) is 0 Å². The minimum Gasteiger partial charge on any atom is -0.298 e. The van der Waals surface area contributed by atoms with Crippen LogP contribution in [0.4, 0.5) is 0 Å². The van der Waals surface area contributed by atoms with Gasteiger partial charge in [0.2, 0.25) is 0 Å². The Morgan fingerprint density at radius 3 is 2.44 bits per heavy atom. The van der Waals surface area contributed by atoms with Gasteiger partial charge in [-0.1, -0.05) is 13.8 Å². The van der Waals surface area contributed by atoms with Crippen LogP contribution >= 0.6 is 11.6 Å². The molecule has 0 fully saturated rings. The molecule has 9 heavy (non-hydrogen) atoms. The number of hydrogen-bond donors (Lipinski definition) is 0. The lowest BCUT2D eigenvalue weighted by Crippen LogP contribution is -2.00. The maximum atomic E-state index is 10.6. The maximum absolute atomic E-state index is 10.6. The molecule has 54 valence electrons. The summed E-state index contributed by atoms with van der Waals surface area (Å²) in [6.07, 6.45) is 1.60. The molecule has 0 saturated carbocycles. The van der Waals surface area contributed by atoms with E-state index in [1.165, 1.54) is 0 Å². The third kappa shape index (κ3) is 5.84. The number of ketones is 1. The maximum Gasteiger partial charge on any atom is 0.147 e. The van der Waals surface area contributed by atoms with Gasteiger partial charge in [-0.15, -0.1) is 11.6 Å². The van der Waals surface area contributed by atoms with Crippen LogP contribution in [0.25, 0.3) is 0 Å². The van der Waals surface area contributed by atoms with Crippen molar-refractivity contribution in [3.63, 3.8) is 0 Å². The van der Waals surface area contributed by atoms with Crippen molar-refractivity contribution in [2.24, 2.45) is 5.92 Å². The molecular formula is C7H13ClO. The van der Waals surface area contributed by atoms with Gasteiger partial charge in [0.05, 0.1) is 5.88 Å². The van der Waals surface area contributed by atoms with Crippen LogP contribution < -0.4 is 0 Å². The van der Waals surface area contributed by atoms with Gasteiger partial charge in [0.1, 0.15) is 5.78 Å². The van der Waals surface area contributed by atoms with Crippen molar-refractivity contribution in [1.29, 1.82) is 0 Å². The number of carbonyl (C=O) groups excluding carboxylic acids is 1. The SMILES string of the molecule is CC(C)CCC(=O)CCl. The zero-order valence-electron chi connectivity index (χ0n) is 5.98. The van der Waals surface area contributed by atoms with Crippen LogP contribution in [0.3, 0.4) is 0 Å².